The van der Waals surface area contributed by atoms with Gasteiger partial charge >= 0.3 is 0 Å². The van der Waals surface area contributed by atoms with Crippen LogP contribution in [0.2, 0.25) is 0 Å². The van der Waals surface area contributed by atoms with Crippen LogP contribution in [0, 0.1) is 12.7 Å². The molecular weight excluding hydrogens is 359 g/mol. The maximum Gasteiger partial charge on any atom is 0.234 e. The van der Waals surface area contributed by atoms with Crippen LogP contribution >= 0.6 is 11.3 Å². The van der Waals surface area contributed by atoms with Crippen LogP contribution in [-0.2, 0) is 22.9 Å². The smallest absolute Gasteiger partial charge is 0.234 e. The van der Waals surface area contributed by atoms with Crippen molar-refractivity contribution < 1.29 is 12.8 Å². The van der Waals surface area contributed by atoms with Crippen molar-refractivity contribution in [2.45, 2.75) is 29.2 Å². The topological polar surface area (TPSA) is 59.1 Å². The van der Waals surface area contributed by atoms with E-state index in [-0.39, 0.29) is 15.1 Å². The van der Waals surface area contributed by atoms with Crippen molar-refractivity contribution in [2.24, 2.45) is 0 Å². The minimum absolute atomic E-state index is 0.118. The van der Waals surface area contributed by atoms with E-state index >= 15 is 0 Å². The number of hydrogen-bond acceptors (Lipinski definition) is 5. The predicted octanol–water partition coefficient (Wildman–Crippen LogP) is 3.69. The molecule has 0 bridgehead atoms. The van der Waals surface area contributed by atoms with Gasteiger partial charge in [-0.2, -0.15) is 0 Å². The van der Waals surface area contributed by atoms with Gasteiger partial charge in [0, 0.05) is 23.5 Å². The second-order valence-electron chi connectivity index (χ2n) is 5.96. The number of thiazole rings is 1. The van der Waals surface area contributed by atoms with Crippen LogP contribution in [0.5, 0.6) is 0 Å². The molecule has 25 heavy (non-hydrogen) atoms. The van der Waals surface area contributed by atoms with Crippen LogP contribution in [0.25, 0.3) is 11.1 Å². The summed E-state index contributed by atoms with van der Waals surface area (Å²) in [5, 5.41) is 3.16. The summed E-state index contributed by atoms with van der Waals surface area (Å²) in [4.78, 5) is 5.50. The lowest BCUT2D eigenvalue weighted by atomic mass is 10.0. The lowest BCUT2D eigenvalue weighted by Gasteiger charge is -2.11. The number of hydrogen-bond donors (Lipinski definition) is 1. The van der Waals surface area contributed by atoms with Crippen molar-refractivity contribution in [1.82, 2.24) is 10.3 Å². The Morgan fingerprint density at radius 1 is 1.12 bits per heavy atom. The summed E-state index contributed by atoms with van der Waals surface area (Å²) >= 11 is 1.21. The summed E-state index contributed by atoms with van der Waals surface area (Å²) in [5.41, 5.74) is 2.86. The molecule has 0 unspecified atom stereocenters. The van der Waals surface area contributed by atoms with Crippen LogP contribution in [0.1, 0.15) is 16.1 Å². The van der Waals surface area contributed by atoms with E-state index in [0.29, 0.717) is 24.2 Å². The van der Waals surface area contributed by atoms with Gasteiger partial charge in [-0.1, -0.05) is 24.3 Å². The van der Waals surface area contributed by atoms with E-state index in [1.807, 2.05) is 13.0 Å². The largest absolute Gasteiger partial charge is 0.306 e. The SMILES string of the molecule is Cc1ccc(-c2ccc(F)cc2)c(S(=O)(=O)c2nc3c(s2)CNC3)c1. The lowest BCUT2D eigenvalue weighted by Crippen LogP contribution is -2.06. The first kappa shape index (κ1) is 16.4. The summed E-state index contributed by atoms with van der Waals surface area (Å²) in [5.74, 6) is -0.357. The van der Waals surface area contributed by atoms with Gasteiger partial charge in [0.2, 0.25) is 14.2 Å². The van der Waals surface area contributed by atoms with Crippen LogP contribution in [0.4, 0.5) is 4.39 Å². The summed E-state index contributed by atoms with van der Waals surface area (Å²) < 4.78 is 39.8. The molecule has 128 valence electrons. The van der Waals surface area contributed by atoms with E-state index in [1.165, 1.54) is 23.5 Å². The fourth-order valence-electron chi connectivity index (χ4n) is 2.86. The van der Waals surface area contributed by atoms with Crippen LogP contribution in [0.15, 0.2) is 51.7 Å². The van der Waals surface area contributed by atoms with E-state index < -0.39 is 9.84 Å². The Kier molecular flexibility index (Phi) is 3.94. The van der Waals surface area contributed by atoms with Gasteiger partial charge in [0.25, 0.3) is 0 Å². The van der Waals surface area contributed by atoms with Crippen molar-refractivity contribution in [3.05, 3.63) is 64.4 Å². The van der Waals surface area contributed by atoms with Crippen LogP contribution < -0.4 is 5.32 Å². The molecule has 0 amide bonds. The summed E-state index contributed by atoms with van der Waals surface area (Å²) in [7, 11) is -3.74. The third-order valence-corrected chi connectivity index (χ3v) is 7.42. The third kappa shape index (κ3) is 2.88. The average Bonchev–Trinajstić information content (AvgIpc) is 3.18. The molecule has 0 saturated heterocycles. The fraction of sp³-hybridized carbons (Fsp3) is 0.167. The molecule has 0 radical (unpaired) electrons. The number of nitrogens with zero attached hydrogens (tertiary/aromatic N) is 1. The second kappa shape index (κ2) is 6.01. The Morgan fingerprint density at radius 3 is 2.60 bits per heavy atom. The zero-order valence-electron chi connectivity index (χ0n) is 13.4. The molecule has 4 rings (SSSR count). The Hall–Kier alpha value is -2.09. The molecular formula is C18H15FN2O2S2. The minimum atomic E-state index is -3.74. The third-order valence-electron chi connectivity index (χ3n) is 4.15. The van der Waals surface area contributed by atoms with Crippen molar-refractivity contribution >= 4 is 21.2 Å². The minimum Gasteiger partial charge on any atom is -0.306 e. The first-order valence-corrected chi connectivity index (χ1v) is 10.1. The fourth-order valence-corrected chi connectivity index (χ4v) is 5.88. The second-order valence-corrected chi connectivity index (χ2v) is 9.14. The van der Waals surface area contributed by atoms with Gasteiger partial charge in [0.05, 0.1) is 10.6 Å². The highest BCUT2D eigenvalue weighted by Crippen LogP contribution is 2.35. The predicted molar refractivity (Wildman–Crippen MR) is 94.7 cm³/mol. The molecule has 1 N–H and O–H groups in total. The van der Waals surface area contributed by atoms with Crippen molar-refractivity contribution in [2.75, 3.05) is 0 Å². The van der Waals surface area contributed by atoms with E-state index in [1.54, 1.807) is 24.3 Å². The normalized spacial score (nSPS) is 13.8. The Balaban J connectivity index is 1.88. The molecule has 0 aliphatic carbocycles. The highest BCUT2D eigenvalue weighted by atomic mass is 32.2. The molecule has 4 nitrogen and oxygen atoms in total. The Labute approximate surface area is 149 Å². The summed E-state index contributed by atoms with van der Waals surface area (Å²) in [6.45, 7) is 3.10. The van der Waals surface area contributed by atoms with Crippen molar-refractivity contribution in [3.8, 4) is 11.1 Å². The zero-order valence-corrected chi connectivity index (χ0v) is 15.0. The quantitative estimate of drug-likeness (QED) is 0.760. The number of aromatic nitrogens is 1. The standard InChI is InChI=1S/C18H15FN2O2S2/c1-11-2-7-14(12-3-5-13(19)6-4-12)17(8-11)25(22,23)18-21-15-9-20-10-16(15)24-18/h2-8,20H,9-10H2,1H3. The molecule has 2 heterocycles. The monoisotopic (exact) mass is 374 g/mol. The Morgan fingerprint density at radius 2 is 1.88 bits per heavy atom. The number of sulfone groups is 1. The number of rotatable bonds is 3. The van der Waals surface area contributed by atoms with E-state index in [0.717, 1.165) is 16.1 Å². The van der Waals surface area contributed by atoms with Crippen molar-refractivity contribution in [3.63, 3.8) is 0 Å². The number of benzene rings is 2. The average molecular weight is 374 g/mol. The molecule has 1 aliphatic heterocycles. The van der Waals surface area contributed by atoms with Gasteiger partial charge in [-0.15, -0.1) is 11.3 Å². The highest BCUT2D eigenvalue weighted by Gasteiger charge is 2.28. The number of nitrogens with one attached hydrogen (secondary N) is 1. The van der Waals surface area contributed by atoms with E-state index in [4.69, 9.17) is 0 Å². The van der Waals surface area contributed by atoms with E-state index in [2.05, 4.69) is 10.3 Å². The molecule has 0 spiro atoms. The highest BCUT2D eigenvalue weighted by molar-refractivity contribution is 7.93. The lowest BCUT2D eigenvalue weighted by molar-refractivity contribution is 0.595. The maximum absolute atomic E-state index is 13.2. The molecule has 0 fully saturated rings. The summed E-state index contributed by atoms with van der Waals surface area (Å²) in [6.07, 6.45) is 0. The number of halogens is 1. The maximum atomic E-state index is 13.2. The van der Waals surface area contributed by atoms with Crippen LogP contribution in [0.3, 0.4) is 0 Å². The van der Waals surface area contributed by atoms with Crippen molar-refractivity contribution in [1.29, 1.82) is 0 Å². The molecule has 2 aromatic carbocycles. The molecule has 1 aromatic heterocycles. The summed E-state index contributed by atoms with van der Waals surface area (Å²) in [6, 6.07) is 11.1. The first-order chi connectivity index (χ1) is 11.9. The van der Waals surface area contributed by atoms with E-state index in [9.17, 15) is 12.8 Å². The number of aryl methyl sites for hydroxylation is 1. The van der Waals surface area contributed by atoms with Gasteiger partial charge < -0.3 is 5.32 Å². The van der Waals surface area contributed by atoms with Gasteiger partial charge in [0.1, 0.15) is 5.82 Å². The molecule has 1 aliphatic rings. The van der Waals surface area contributed by atoms with Gasteiger partial charge in [0.15, 0.2) is 0 Å². The molecule has 7 heteroatoms. The Bertz CT molecular complexity index is 1040. The first-order valence-electron chi connectivity index (χ1n) is 7.76. The zero-order chi connectivity index (χ0) is 17.6. The van der Waals surface area contributed by atoms with Gasteiger partial charge in [-0.25, -0.2) is 17.8 Å². The molecule has 0 saturated carbocycles. The molecule has 3 aromatic rings. The van der Waals surface area contributed by atoms with Crippen LogP contribution in [-0.4, -0.2) is 13.4 Å². The van der Waals surface area contributed by atoms with Gasteiger partial charge in [-0.3, -0.25) is 0 Å². The van der Waals surface area contributed by atoms with Gasteiger partial charge in [-0.05, 0) is 36.2 Å². The number of fused-ring (bicyclic) bond motifs is 1. The molecule has 0 atom stereocenters.